The van der Waals surface area contributed by atoms with Gasteiger partial charge < -0.3 is 0 Å². The summed E-state index contributed by atoms with van der Waals surface area (Å²) in [5.74, 6) is -0.136. The van der Waals surface area contributed by atoms with Crippen LogP contribution < -0.4 is 0 Å². The number of allylic oxidation sites excluding steroid dienone is 2. The third-order valence-electron chi connectivity index (χ3n) is 2.57. The average Bonchev–Trinajstić information content (AvgIpc) is 2.46. The number of nitrogens with zero attached hydrogens (tertiary/aromatic N) is 1. The van der Waals surface area contributed by atoms with E-state index in [-0.39, 0.29) is 5.78 Å². The van der Waals surface area contributed by atoms with Gasteiger partial charge in [0, 0.05) is 17.2 Å². The molecule has 2 heteroatoms. The van der Waals surface area contributed by atoms with Gasteiger partial charge in [-0.25, -0.2) is 0 Å². The van der Waals surface area contributed by atoms with Crippen LogP contribution in [-0.2, 0) is 0 Å². The topological polar surface area (TPSA) is 40.9 Å². The van der Waals surface area contributed by atoms with E-state index in [2.05, 4.69) is 0 Å². The first kappa shape index (κ1) is 11.8. The second-order valence-electron chi connectivity index (χ2n) is 3.75. The lowest BCUT2D eigenvalue weighted by Crippen LogP contribution is -2.02. The van der Waals surface area contributed by atoms with Crippen LogP contribution in [0, 0.1) is 11.3 Å². The van der Waals surface area contributed by atoms with Crippen molar-refractivity contribution in [3.63, 3.8) is 0 Å². The highest BCUT2D eigenvalue weighted by molar-refractivity contribution is 6.29. The molecule has 86 valence electrons. The number of benzene rings is 2. The van der Waals surface area contributed by atoms with Gasteiger partial charge in [-0.3, -0.25) is 4.79 Å². The van der Waals surface area contributed by atoms with Crippen molar-refractivity contribution < 1.29 is 4.79 Å². The van der Waals surface area contributed by atoms with Crippen LogP contribution in [-0.4, -0.2) is 5.78 Å². The minimum Gasteiger partial charge on any atom is -0.289 e. The molecule has 0 radical (unpaired) electrons. The Labute approximate surface area is 106 Å². The zero-order chi connectivity index (χ0) is 12.8. The molecule has 0 heterocycles. The van der Waals surface area contributed by atoms with Crippen molar-refractivity contribution in [1.82, 2.24) is 0 Å². The molecule has 0 atom stereocenters. The molecule has 0 N–H and O–H groups in total. The lowest BCUT2D eigenvalue weighted by Gasteiger charge is -2.05. The van der Waals surface area contributed by atoms with Crippen molar-refractivity contribution in [2.24, 2.45) is 0 Å². The van der Waals surface area contributed by atoms with E-state index in [9.17, 15) is 4.79 Å². The summed E-state index contributed by atoms with van der Waals surface area (Å²) in [5.41, 5.74) is 1.76. The number of ketones is 1. The van der Waals surface area contributed by atoms with E-state index in [1.807, 2.05) is 54.6 Å². The Balaban J connectivity index is 2.43. The van der Waals surface area contributed by atoms with Crippen molar-refractivity contribution in [2.45, 2.75) is 0 Å². The van der Waals surface area contributed by atoms with Crippen LogP contribution in [0.2, 0.25) is 0 Å². The number of carbonyl (C=O) groups excluding carboxylic acids is 1. The SMILES string of the molecule is N#C/C=C(\C(=O)c1ccccc1)c1ccccc1. The lowest BCUT2D eigenvalue weighted by molar-refractivity contribution is 0.105. The molecule has 0 spiro atoms. The maximum Gasteiger partial charge on any atom is 0.194 e. The van der Waals surface area contributed by atoms with Crippen LogP contribution >= 0.6 is 0 Å². The summed E-state index contributed by atoms with van der Waals surface area (Å²) in [4.78, 5) is 12.3. The number of hydrogen-bond donors (Lipinski definition) is 0. The van der Waals surface area contributed by atoms with Gasteiger partial charge in [0.05, 0.1) is 6.07 Å². The normalized spacial score (nSPS) is 10.7. The van der Waals surface area contributed by atoms with Gasteiger partial charge in [0.15, 0.2) is 5.78 Å². The van der Waals surface area contributed by atoms with E-state index in [1.54, 1.807) is 12.1 Å². The Bertz CT molecular complexity index is 607. The largest absolute Gasteiger partial charge is 0.289 e. The summed E-state index contributed by atoms with van der Waals surface area (Å²) in [5, 5.41) is 8.82. The van der Waals surface area contributed by atoms with Crippen molar-refractivity contribution in [3.05, 3.63) is 77.9 Å². The van der Waals surface area contributed by atoms with Gasteiger partial charge in [0.25, 0.3) is 0 Å². The fraction of sp³-hybridized carbons (Fsp3) is 0. The first-order valence-electron chi connectivity index (χ1n) is 5.58. The molecule has 2 rings (SSSR count). The fourth-order valence-corrected chi connectivity index (χ4v) is 1.71. The van der Waals surface area contributed by atoms with Crippen LogP contribution in [0.15, 0.2) is 66.7 Å². The van der Waals surface area contributed by atoms with Crippen LogP contribution in [0.1, 0.15) is 15.9 Å². The molecule has 0 unspecified atom stereocenters. The fourth-order valence-electron chi connectivity index (χ4n) is 1.71. The van der Waals surface area contributed by atoms with Crippen LogP contribution in [0.5, 0.6) is 0 Å². The second kappa shape index (κ2) is 5.60. The summed E-state index contributed by atoms with van der Waals surface area (Å²) < 4.78 is 0. The standard InChI is InChI=1S/C16H11NO/c17-12-11-15(13-7-3-1-4-8-13)16(18)14-9-5-2-6-10-14/h1-11H/b15-11-. The second-order valence-corrected chi connectivity index (χ2v) is 3.75. The molecule has 0 saturated carbocycles. The molecule has 0 fully saturated rings. The molecule has 0 bridgehead atoms. The molecule has 2 nitrogen and oxygen atoms in total. The molecule has 0 amide bonds. The maximum absolute atomic E-state index is 12.3. The number of rotatable bonds is 3. The predicted molar refractivity (Wildman–Crippen MR) is 70.8 cm³/mol. The zero-order valence-electron chi connectivity index (χ0n) is 9.71. The third-order valence-corrected chi connectivity index (χ3v) is 2.57. The molecule has 0 aromatic heterocycles. The molecule has 2 aromatic rings. The minimum atomic E-state index is -0.136. The van der Waals surface area contributed by atoms with Crippen molar-refractivity contribution in [1.29, 1.82) is 5.26 Å². The molecule has 0 aliphatic heterocycles. The van der Waals surface area contributed by atoms with E-state index >= 15 is 0 Å². The van der Waals surface area contributed by atoms with E-state index < -0.39 is 0 Å². The van der Waals surface area contributed by atoms with Gasteiger partial charge in [-0.15, -0.1) is 0 Å². The minimum absolute atomic E-state index is 0.136. The number of hydrogen-bond acceptors (Lipinski definition) is 2. The Morgan fingerprint density at radius 1 is 0.889 bits per heavy atom. The monoisotopic (exact) mass is 233 g/mol. The van der Waals surface area contributed by atoms with E-state index in [1.165, 1.54) is 6.08 Å². The molecule has 0 aliphatic carbocycles. The Kier molecular flexibility index (Phi) is 3.68. The number of carbonyl (C=O) groups is 1. The van der Waals surface area contributed by atoms with Gasteiger partial charge in [-0.05, 0) is 5.56 Å². The van der Waals surface area contributed by atoms with E-state index in [4.69, 9.17) is 5.26 Å². The maximum atomic E-state index is 12.3. The summed E-state index contributed by atoms with van der Waals surface area (Å²) in [6, 6.07) is 20.1. The van der Waals surface area contributed by atoms with E-state index in [0.717, 1.165) is 5.56 Å². The third kappa shape index (κ3) is 2.53. The van der Waals surface area contributed by atoms with Crippen molar-refractivity contribution in [3.8, 4) is 6.07 Å². The Morgan fingerprint density at radius 3 is 1.89 bits per heavy atom. The quantitative estimate of drug-likeness (QED) is 0.462. The van der Waals surface area contributed by atoms with E-state index in [0.29, 0.717) is 11.1 Å². The van der Waals surface area contributed by atoms with Crippen LogP contribution in [0.25, 0.3) is 5.57 Å². The van der Waals surface area contributed by atoms with Gasteiger partial charge in [0.1, 0.15) is 0 Å². The summed E-state index contributed by atoms with van der Waals surface area (Å²) in [6.45, 7) is 0. The summed E-state index contributed by atoms with van der Waals surface area (Å²) in [6.07, 6.45) is 1.30. The number of nitriles is 1. The smallest absolute Gasteiger partial charge is 0.194 e. The highest BCUT2D eigenvalue weighted by Gasteiger charge is 2.13. The van der Waals surface area contributed by atoms with Crippen molar-refractivity contribution >= 4 is 11.4 Å². The van der Waals surface area contributed by atoms with Gasteiger partial charge in [-0.1, -0.05) is 60.7 Å². The molecule has 18 heavy (non-hydrogen) atoms. The first-order chi connectivity index (χ1) is 8.83. The molecule has 0 aliphatic rings. The first-order valence-corrected chi connectivity index (χ1v) is 5.58. The molecule has 0 saturated heterocycles. The number of Topliss-reactive ketones (excluding diaryl/α,β-unsaturated/α-hetero) is 1. The van der Waals surface area contributed by atoms with Gasteiger partial charge >= 0.3 is 0 Å². The summed E-state index contributed by atoms with van der Waals surface area (Å²) >= 11 is 0. The van der Waals surface area contributed by atoms with Crippen molar-refractivity contribution in [2.75, 3.05) is 0 Å². The predicted octanol–water partition coefficient (Wildman–Crippen LogP) is 3.48. The zero-order valence-corrected chi connectivity index (χ0v) is 9.71. The highest BCUT2D eigenvalue weighted by Crippen LogP contribution is 2.19. The lowest BCUT2D eigenvalue weighted by atomic mass is 9.97. The molecular weight excluding hydrogens is 222 g/mol. The highest BCUT2D eigenvalue weighted by atomic mass is 16.1. The molecule has 2 aromatic carbocycles. The van der Waals surface area contributed by atoms with Gasteiger partial charge in [-0.2, -0.15) is 5.26 Å². The Hall–Kier alpha value is -2.66. The average molecular weight is 233 g/mol. The van der Waals surface area contributed by atoms with Crippen LogP contribution in [0.4, 0.5) is 0 Å². The molecular formula is C16H11NO. The van der Waals surface area contributed by atoms with Crippen LogP contribution in [0.3, 0.4) is 0 Å². The summed E-state index contributed by atoms with van der Waals surface area (Å²) in [7, 11) is 0. The Morgan fingerprint density at radius 2 is 1.39 bits per heavy atom. The van der Waals surface area contributed by atoms with Gasteiger partial charge in [0.2, 0.25) is 0 Å².